The maximum atomic E-state index is 14.8. The average molecular weight is 645 g/mol. The Morgan fingerprint density at radius 1 is 0.955 bits per heavy atom. The maximum absolute atomic E-state index is 14.8. The van der Waals surface area contributed by atoms with Gasteiger partial charge < -0.3 is 5.11 Å². The van der Waals surface area contributed by atoms with Crippen molar-refractivity contribution in [2.45, 2.75) is 11.8 Å². The van der Waals surface area contributed by atoms with Gasteiger partial charge in [0.1, 0.15) is 22.6 Å². The molecule has 0 saturated carbocycles. The van der Waals surface area contributed by atoms with E-state index < -0.39 is 33.2 Å². The van der Waals surface area contributed by atoms with Crippen LogP contribution in [0.1, 0.15) is 20.8 Å². The number of thiophene rings is 1. The van der Waals surface area contributed by atoms with Crippen molar-refractivity contribution in [3.63, 3.8) is 0 Å². The molecule has 0 amide bonds. The third-order valence-electron chi connectivity index (χ3n) is 7.22. The Morgan fingerprint density at radius 2 is 1.68 bits per heavy atom. The van der Waals surface area contributed by atoms with Gasteiger partial charge in [-0.15, -0.1) is 11.3 Å². The Hall–Kier alpha value is -4.82. The number of benzene rings is 4. The van der Waals surface area contributed by atoms with Gasteiger partial charge in [0.2, 0.25) is 0 Å². The number of carboxylic acid groups (broad SMARTS) is 1. The Morgan fingerprint density at radius 3 is 2.39 bits per heavy atom. The van der Waals surface area contributed by atoms with Crippen molar-refractivity contribution in [3.05, 3.63) is 123 Å². The van der Waals surface area contributed by atoms with Crippen LogP contribution in [0.2, 0.25) is 5.02 Å². The van der Waals surface area contributed by atoms with Crippen molar-refractivity contribution in [3.8, 4) is 39.6 Å². The highest BCUT2D eigenvalue weighted by molar-refractivity contribution is 7.90. The van der Waals surface area contributed by atoms with Crippen LogP contribution >= 0.6 is 22.9 Å². The Kier molecular flexibility index (Phi) is 7.33. The lowest BCUT2D eigenvalue weighted by atomic mass is 9.96. The highest BCUT2D eigenvalue weighted by Gasteiger charge is 2.30. The lowest BCUT2D eigenvalue weighted by Gasteiger charge is -2.15. The first-order valence-electron chi connectivity index (χ1n) is 13.0. The zero-order valence-electron chi connectivity index (χ0n) is 22.7. The molecule has 6 aromatic rings. The molecular formula is C33H19ClF2N2O4S2. The van der Waals surface area contributed by atoms with Crippen molar-refractivity contribution >= 4 is 49.8 Å². The zero-order chi connectivity index (χ0) is 31.3. The van der Waals surface area contributed by atoms with Crippen LogP contribution in [0.5, 0.6) is 0 Å². The number of fused-ring (bicyclic) bond motifs is 1. The Bertz CT molecular complexity index is 2290. The summed E-state index contributed by atoms with van der Waals surface area (Å²) in [6.07, 6.45) is 0. The molecule has 0 aliphatic carbocycles. The molecule has 2 heterocycles. The molecule has 2 aromatic heterocycles. The number of nitrogens with zero attached hydrogens (tertiary/aromatic N) is 2. The minimum absolute atomic E-state index is 0.00604. The smallest absolute Gasteiger partial charge is 0.338 e. The van der Waals surface area contributed by atoms with E-state index >= 15 is 0 Å². The fourth-order valence-electron chi connectivity index (χ4n) is 5.19. The third kappa shape index (κ3) is 4.85. The van der Waals surface area contributed by atoms with Crippen molar-refractivity contribution in [1.82, 2.24) is 3.97 Å². The van der Waals surface area contributed by atoms with Gasteiger partial charge in [-0.2, -0.15) is 5.26 Å². The van der Waals surface area contributed by atoms with Gasteiger partial charge in [-0.05, 0) is 72.5 Å². The second-order valence-corrected chi connectivity index (χ2v) is 13.1. The summed E-state index contributed by atoms with van der Waals surface area (Å²) < 4.78 is 59.5. The number of aromatic nitrogens is 1. The number of hydrogen-bond acceptors (Lipinski definition) is 5. The van der Waals surface area contributed by atoms with E-state index in [9.17, 15) is 32.4 Å². The molecule has 0 spiro atoms. The first kappa shape index (κ1) is 29.3. The molecule has 218 valence electrons. The zero-order valence-corrected chi connectivity index (χ0v) is 25.1. The maximum Gasteiger partial charge on any atom is 0.338 e. The number of rotatable bonds is 6. The molecule has 6 rings (SSSR count). The summed E-state index contributed by atoms with van der Waals surface area (Å²) in [6, 6.07) is 22.4. The molecule has 0 radical (unpaired) electrons. The van der Waals surface area contributed by atoms with Gasteiger partial charge in [0, 0.05) is 32.7 Å². The molecule has 0 atom stereocenters. The van der Waals surface area contributed by atoms with Crippen molar-refractivity contribution in [2.24, 2.45) is 0 Å². The quantitative estimate of drug-likeness (QED) is 0.195. The van der Waals surface area contributed by atoms with Crippen LogP contribution in [-0.4, -0.2) is 23.5 Å². The van der Waals surface area contributed by atoms with E-state index in [0.29, 0.717) is 27.1 Å². The van der Waals surface area contributed by atoms with E-state index in [1.54, 1.807) is 47.8 Å². The first-order chi connectivity index (χ1) is 21.0. The van der Waals surface area contributed by atoms with Gasteiger partial charge in [0.15, 0.2) is 0 Å². The van der Waals surface area contributed by atoms with Gasteiger partial charge in [0.05, 0.1) is 21.7 Å². The number of nitriles is 1. The van der Waals surface area contributed by atoms with Crippen LogP contribution < -0.4 is 0 Å². The number of carboxylic acids is 1. The standard InChI is InChI=1S/C33H19ClF2N2O4S2/c1-18-5-8-22(9-6-18)44(41,42)38-29-10-7-21(35)14-26(29)31(23-11-12-43-30(23)17-37)32(38)20-4-2-3-19(13-20)24-16-28(36)25(33(39)40)15-27(24)34/h2-16H,1H3,(H,39,40). The van der Waals surface area contributed by atoms with Crippen LogP contribution in [0.15, 0.2) is 95.2 Å². The summed E-state index contributed by atoms with van der Waals surface area (Å²) in [4.78, 5) is 11.7. The molecule has 11 heteroatoms. The number of aryl methyl sites for hydroxylation is 1. The number of halogens is 3. The van der Waals surface area contributed by atoms with Gasteiger partial charge in [0.25, 0.3) is 10.0 Å². The second-order valence-electron chi connectivity index (χ2n) is 9.94. The third-order valence-corrected chi connectivity index (χ3v) is 10.1. The predicted octanol–water partition coefficient (Wildman–Crippen LogP) is 8.75. The molecular weight excluding hydrogens is 626 g/mol. The van der Waals surface area contributed by atoms with Crippen molar-refractivity contribution < 1.29 is 27.1 Å². The van der Waals surface area contributed by atoms with Crippen LogP contribution in [-0.2, 0) is 10.0 Å². The van der Waals surface area contributed by atoms with Gasteiger partial charge in [-0.1, -0.05) is 47.5 Å². The van der Waals surface area contributed by atoms with E-state index in [2.05, 4.69) is 6.07 Å². The monoisotopic (exact) mass is 644 g/mol. The van der Waals surface area contributed by atoms with E-state index in [4.69, 9.17) is 11.6 Å². The molecule has 0 aliphatic heterocycles. The fourth-order valence-corrected chi connectivity index (χ4v) is 7.70. The lowest BCUT2D eigenvalue weighted by Crippen LogP contribution is -2.14. The van der Waals surface area contributed by atoms with Crippen LogP contribution in [0, 0.1) is 29.9 Å². The SMILES string of the molecule is Cc1ccc(S(=O)(=O)n2c(-c3cccc(-c4cc(F)c(C(=O)O)cc4Cl)c3)c(-c3ccsc3C#N)c3cc(F)ccc32)cc1. The highest BCUT2D eigenvalue weighted by Crippen LogP contribution is 2.46. The summed E-state index contributed by atoms with van der Waals surface area (Å²) in [6.45, 7) is 1.83. The average Bonchev–Trinajstić information content (AvgIpc) is 3.60. The molecule has 4 aromatic carbocycles. The Balaban J connectivity index is 1.73. The number of carbonyl (C=O) groups is 1. The summed E-state index contributed by atoms with van der Waals surface area (Å²) in [5, 5.41) is 21.1. The largest absolute Gasteiger partial charge is 0.478 e. The number of aromatic carboxylic acids is 1. The van der Waals surface area contributed by atoms with E-state index in [1.165, 1.54) is 30.3 Å². The second kappa shape index (κ2) is 11.0. The first-order valence-corrected chi connectivity index (χ1v) is 15.7. The fraction of sp³-hybridized carbons (Fsp3) is 0.0303. The highest BCUT2D eigenvalue weighted by atomic mass is 35.5. The van der Waals surface area contributed by atoms with Gasteiger partial charge >= 0.3 is 5.97 Å². The van der Waals surface area contributed by atoms with E-state index in [0.717, 1.165) is 33.0 Å². The van der Waals surface area contributed by atoms with Crippen molar-refractivity contribution in [1.29, 1.82) is 5.26 Å². The summed E-state index contributed by atoms with van der Waals surface area (Å²) in [5.41, 5.74) is 2.24. The molecule has 0 unspecified atom stereocenters. The van der Waals surface area contributed by atoms with Crippen LogP contribution in [0.25, 0.3) is 44.4 Å². The van der Waals surface area contributed by atoms with Gasteiger partial charge in [-0.25, -0.2) is 26.0 Å². The summed E-state index contributed by atoms with van der Waals surface area (Å²) >= 11 is 7.56. The summed E-state index contributed by atoms with van der Waals surface area (Å²) in [5.74, 6) is -3.07. The normalized spacial score (nSPS) is 11.5. The predicted molar refractivity (Wildman–Crippen MR) is 166 cm³/mol. The molecule has 0 bridgehead atoms. The van der Waals surface area contributed by atoms with E-state index in [-0.39, 0.29) is 32.1 Å². The molecule has 44 heavy (non-hydrogen) atoms. The molecule has 0 aliphatic rings. The molecule has 0 fully saturated rings. The van der Waals surface area contributed by atoms with Gasteiger partial charge in [-0.3, -0.25) is 0 Å². The number of hydrogen-bond donors (Lipinski definition) is 1. The summed E-state index contributed by atoms with van der Waals surface area (Å²) in [7, 11) is -4.31. The van der Waals surface area contributed by atoms with Crippen LogP contribution in [0.4, 0.5) is 8.78 Å². The Labute approximate surface area is 259 Å². The topological polar surface area (TPSA) is 100 Å². The lowest BCUT2D eigenvalue weighted by molar-refractivity contribution is 0.0692. The molecule has 1 N–H and O–H groups in total. The molecule has 6 nitrogen and oxygen atoms in total. The minimum Gasteiger partial charge on any atom is -0.478 e. The minimum atomic E-state index is -4.31. The van der Waals surface area contributed by atoms with E-state index in [1.807, 2.05) is 6.92 Å². The van der Waals surface area contributed by atoms with Crippen LogP contribution in [0.3, 0.4) is 0 Å². The molecule has 0 saturated heterocycles. The van der Waals surface area contributed by atoms with Crippen molar-refractivity contribution in [2.75, 3.05) is 0 Å².